The summed E-state index contributed by atoms with van der Waals surface area (Å²) in [4.78, 5) is 14.6. The Hall–Kier alpha value is -2.59. The van der Waals surface area contributed by atoms with Crippen molar-refractivity contribution in [2.24, 2.45) is 0 Å². The summed E-state index contributed by atoms with van der Waals surface area (Å²) in [6, 6.07) is 13.2. The van der Waals surface area contributed by atoms with E-state index in [1.54, 1.807) is 4.90 Å². The summed E-state index contributed by atoms with van der Waals surface area (Å²) in [5.74, 6) is -0.700. The van der Waals surface area contributed by atoms with E-state index in [1.807, 2.05) is 37.3 Å². The van der Waals surface area contributed by atoms with Crippen LogP contribution in [0.4, 0.5) is 13.2 Å². The first kappa shape index (κ1) is 24.1. The summed E-state index contributed by atoms with van der Waals surface area (Å²) >= 11 is 0. The second-order valence-electron chi connectivity index (χ2n) is 7.61. The maximum Gasteiger partial charge on any atom is 0.573 e. The molecule has 1 amide bonds. The second kappa shape index (κ2) is 9.91. The van der Waals surface area contributed by atoms with Crippen LogP contribution in [0.5, 0.6) is 5.75 Å². The minimum Gasteiger partial charge on any atom is -0.406 e. The van der Waals surface area contributed by atoms with Crippen LogP contribution in [0.1, 0.15) is 37.7 Å². The number of carbonyl (C=O) groups excluding carboxylic acids is 1. The number of nitrogens with one attached hydrogen (secondary N) is 1. The molecule has 6 nitrogen and oxygen atoms in total. The summed E-state index contributed by atoms with van der Waals surface area (Å²) in [7, 11) is -3.91. The number of halogens is 3. The summed E-state index contributed by atoms with van der Waals surface area (Å²) in [5, 5.41) is 0. The first-order valence-corrected chi connectivity index (χ1v) is 11.8. The van der Waals surface area contributed by atoms with Gasteiger partial charge in [0.1, 0.15) is 5.75 Å². The minimum atomic E-state index is -4.85. The Balaban J connectivity index is 1.57. The number of hydrogen-bond donors (Lipinski definition) is 1. The van der Waals surface area contributed by atoms with Gasteiger partial charge in [0.05, 0.1) is 10.8 Å². The van der Waals surface area contributed by atoms with Crippen molar-refractivity contribution in [3.63, 3.8) is 0 Å². The molecule has 3 rings (SSSR count). The molecule has 10 heteroatoms. The zero-order valence-corrected chi connectivity index (χ0v) is 18.3. The molecule has 0 saturated carbocycles. The van der Waals surface area contributed by atoms with Gasteiger partial charge in [-0.25, -0.2) is 13.1 Å². The highest BCUT2D eigenvalue weighted by Gasteiger charge is 2.32. The van der Waals surface area contributed by atoms with Gasteiger partial charge in [0.15, 0.2) is 0 Å². The van der Waals surface area contributed by atoms with E-state index in [4.69, 9.17) is 0 Å². The number of ether oxygens (including phenoxy) is 1. The quantitative estimate of drug-likeness (QED) is 0.663. The molecule has 1 aliphatic heterocycles. The van der Waals surface area contributed by atoms with Crippen LogP contribution in [0, 0.1) is 0 Å². The maximum atomic E-state index is 13.0. The van der Waals surface area contributed by atoms with Gasteiger partial charge in [-0.3, -0.25) is 4.79 Å². The number of nitrogens with zero attached hydrogens (tertiary/aromatic N) is 1. The molecule has 32 heavy (non-hydrogen) atoms. The molecule has 0 unspecified atom stereocenters. The highest BCUT2D eigenvalue weighted by atomic mass is 32.2. The Morgan fingerprint density at radius 2 is 1.69 bits per heavy atom. The van der Waals surface area contributed by atoms with Crippen LogP contribution in [0.15, 0.2) is 59.5 Å². The van der Waals surface area contributed by atoms with Crippen LogP contribution in [-0.2, 0) is 14.8 Å². The fourth-order valence-electron chi connectivity index (χ4n) is 3.78. The number of carbonyl (C=O) groups is 1. The lowest BCUT2D eigenvalue weighted by molar-refractivity contribution is -0.274. The van der Waals surface area contributed by atoms with Gasteiger partial charge in [0.25, 0.3) is 0 Å². The highest BCUT2D eigenvalue weighted by molar-refractivity contribution is 7.89. The summed E-state index contributed by atoms with van der Waals surface area (Å²) in [5.41, 5.74) is 0.959. The third-order valence-corrected chi connectivity index (χ3v) is 6.94. The van der Waals surface area contributed by atoms with Crippen LogP contribution in [0.25, 0.3) is 0 Å². The zero-order chi connectivity index (χ0) is 23.4. The summed E-state index contributed by atoms with van der Waals surface area (Å²) in [6.07, 6.45) is -3.28. The SMILES string of the molecule is CC[C@H](C(=O)N1CCC(NS(=O)(=O)c2ccc(OC(F)(F)F)cc2)CC1)c1ccccc1. The van der Waals surface area contributed by atoms with Crippen molar-refractivity contribution in [3.8, 4) is 5.75 Å². The third-order valence-electron chi connectivity index (χ3n) is 5.40. The lowest BCUT2D eigenvalue weighted by atomic mass is 9.94. The van der Waals surface area contributed by atoms with Crippen LogP contribution in [0.3, 0.4) is 0 Å². The van der Waals surface area contributed by atoms with E-state index in [-0.39, 0.29) is 22.8 Å². The van der Waals surface area contributed by atoms with Crippen LogP contribution in [0.2, 0.25) is 0 Å². The lowest BCUT2D eigenvalue weighted by Crippen LogP contribution is -2.47. The molecule has 0 spiro atoms. The number of hydrogen-bond acceptors (Lipinski definition) is 4. The van der Waals surface area contributed by atoms with E-state index < -0.39 is 22.1 Å². The Morgan fingerprint density at radius 3 is 2.22 bits per heavy atom. The van der Waals surface area contributed by atoms with Gasteiger partial charge in [-0.05, 0) is 49.1 Å². The van der Waals surface area contributed by atoms with E-state index in [0.29, 0.717) is 32.4 Å². The predicted molar refractivity (Wildman–Crippen MR) is 113 cm³/mol. The number of alkyl halides is 3. The van der Waals surface area contributed by atoms with Gasteiger partial charge < -0.3 is 9.64 Å². The highest BCUT2D eigenvalue weighted by Crippen LogP contribution is 2.26. The van der Waals surface area contributed by atoms with E-state index in [1.165, 1.54) is 0 Å². The van der Waals surface area contributed by atoms with Crippen LogP contribution in [-0.4, -0.2) is 44.7 Å². The first-order chi connectivity index (χ1) is 15.1. The van der Waals surface area contributed by atoms with Crippen molar-refractivity contribution in [1.82, 2.24) is 9.62 Å². The predicted octanol–water partition coefficient (Wildman–Crippen LogP) is 4.05. The van der Waals surface area contributed by atoms with Gasteiger partial charge in [-0.1, -0.05) is 37.3 Å². The van der Waals surface area contributed by atoms with Crippen molar-refractivity contribution >= 4 is 15.9 Å². The molecule has 1 heterocycles. The number of piperidine rings is 1. The first-order valence-electron chi connectivity index (χ1n) is 10.3. The fourth-order valence-corrected chi connectivity index (χ4v) is 5.09. The van der Waals surface area contributed by atoms with Crippen molar-refractivity contribution < 1.29 is 31.1 Å². The number of benzene rings is 2. The van der Waals surface area contributed by atoms with Crippen molar-refractivity contribution in [2.75, 3.05) is 13.1 Å². The normalized spacial score (nSPS) is 16.6. The Kier molecular flexibility index (Phi) is 7.45. The van der Waals surface area contributed by atoms with Crippen LogP contribution >= 0.6 is 0 Å². The zero-order valence-electron chi connectivity index (χ0n) is 17.5. The standard InChI is InChI=1S/C22H25F3N2O4S/c1-2-20(16-6-4-3-5-7-16)21(28)27-14-12-17(13-15-27)26-32(29,30)19-10-8-18(9-11-19)31-22(23,24)25/h3-11,17,20,26H,2,12-15H2,1H3/t20-/m0/s1. The smallest absolute Gasteiger partial charge is 0.406 e. The molecule has 2 aromatic carbocycles. The molecule has 174 valence electrons. The molecule has 1 fully saturated rings. The Labute approximate surface area is 185 Å². The average Bonchev–Trinajstić information content (AvgIpc) is 2.74. The summed E-state index contributed by atoms with van der Waals surface area (Å²) in [6.45, 7) is 2.81. The molecule has 1 atom stereocenters. The molecule has 1 N–H and O–H groups in total. The number of amides is 1. The average molecular weight is 471 g/mol. The molecular weight excluding hydrogens is 445 g/mol. The molecule has 1 aliphatic rings. The van der Waals surface area contributed by atoms with E-state index in [9.17, 15) is 26.4 Å². The Morgan fingerprint density at radius 1 is 1.09 bits per heavy atom. The number of sulfonamides is 1. The topological polar surface area (TPSA) is 75.7 Å². The third kappa shape index (κ3) is 6.23. The number of rotatable bonds is 7. The maximum absolute atomic E-state index is 13.0. The monoisotopic (exact) mass is 470 g/mol. The van der Waals surface area contributed by atoms with E-state index in [2.05, 4.69) is 9.46 Å². The van der Waals surface area contributed by atoms with Gasteiger partial charge in [-0.15, -0.1) is 13.2 Å². The largest absolute Gasteiger partial charge is 0.573 e. The molecule has 2 aromatic rings. The molecule has 0 radical (unpaired) electrons. The van der Waals surface area contributed by atoms with Crippen molar-refractivity contribution in [1.29, 1.82) is 0 Å². The molecule has 0 aliphatic carbocycles. The molecule has 0 aromatic heterocycles. The van der Waals surface area contributed by atoms with Gasteiger partial charge in [0, 0.05) is 19.1 Å². The Bertz CT molecular complexity index is 1000. The molecule has 0 bridgehead atoms. The van der Waals surface area contributed by atoms with Gasteiger partial charge in [0.2, 0.25) is 15.9 Å². The van der Waals surface area contributed by atoms with Gasteiger partial charge >= 0.3 is 6.36 Å². The lowest BCUT2D eigenvalue weighted by Gasteiger charge is -2.34. The molecule has 1 saturated heterocycles. The fraction of sp³-hybridized carbons (Fsp3) is 0.409. The summed E-state index contributed by atoms with van der Waals surface area (Å²) < 4.78 is 68.3. The molecular formula is C22H25F3N2O4S. The van der Waals surface area contributed by atoms with Crippen LogP contribution < -0.4 is 9.46 Å². The second-order valence-corrected chi connectivity index (χ2v) is 9.33. The van der Waals surface area contributed by atoms with E-state index in [0.717, 1.165) is 29.8 Å². The van der Waals surface area contributed by atoms with Crippen molar-refractivity contribution in [2.45, 2.75) is 49.4 Å². The van der Waals surface area contributed by atoms with Crippen molar-refractivity contribution in [3.05, 3.63) is 60.2 Å². The minimum absolute atomic E-state index is 0.0280. The van der Waals surface area contributed by atoms with Gasteiger partial charge in [-0.2, -0.15) is 0 Å². The van der Waals surface area contributed by atoms with E-state index >= 15 is 0 Å². The number of likely N-dealkylation sites (tertiary alicyclic amines) is 1.